The number of hydrazone groups is 1. The summed E-state index contributed by atoms with van der Waals surface area (Å²) in [4.78, 5) is 0. The summed E-state index contributed by atoms with van der Waals surface area (Å²) in [6.07, 6.45) is 0. The van der Waals surface area contributed by atoms with E-state index >= 15 is 0 Å². The van der Waals surface area contributed by atoms with Gasteiger partial charge in [0.1, 0.15) is 0 Å². The van der Waals surface area contributed by atoms with Crippen LogP contribution < -0.4 is 5.01 Å². The Morgan fingerprint density at radius 3 is 2.00 bits per heavy atom. The van der Waals surface area contributed by atoms with E-state index < -0.39 is 0 Å². The maximum absolute atomic E-state index is 4.18. The quantitative estimate of drug-likeness (QED) is 0.428. The van der Waals surface area contributed by atoms with E-state index in [-0.39, 0.29) is 0 Å². The fourth-order valence-electron chi connectivity index (χ4n) is 1.91. The Hall–Kier alpha value is -1.62. The fourth-order valence-corrected chi connectivity index (χ4v) is 2.45. The monoisotopic (exact) mass is 362 g/mol. The minimum absolute atomic E-state index is 1.01. The molecule has 0 heterocycles. The van der Waals surface area contributed by atoms with Crippen LogP contribution in [0.1, 0.15) is 12.5 Å². The number of allylic oxidation sites excluding steroid dienone is 1. The molecule has 19 heavy (non-hydrogen) atoms. The van der Waals surface area contributed by atoms with E-state index in [1.807, 2.05) is 53.5 Å². The molecule has 0 N–H and O–H groups in total. The molecule has 0 fully saturated rings. The third-order valence-corrected chi connectivity index (χ3v) is 3.24. The van der Waals surface area contributed by atoms with Gasteiger partial charge in [0.2, 0.25) is 0 Å². The number of para-hydroxylation sites is 1. The summed E-state index contributed by atoms with van der Waals surface area (Å²) in [6.45, 7) is 5.78. The van der Waals surface area contributed by atoms with E-state index in [4.69, 9.17) is 0 Å². The summed E-state index contributed by atoms with van der Waals surface area (Å²) in [6, 6.07) is 20.3. The molecule has 96 valence electrons. The second kappa shape index (κ2) is 6.52. The van der Waals surface area contributed by atoms with Crippen LogP contribution in [0.2, 0.25) is 0 Å². The maximum Gasteiger partial charge on any atom is 0.0814 e. The van der Waals surface area contributed by atoms with E-state index in [2.05, 4.69) is 53.5 Å². The van der Waals surface area contributed by atoms with Gasteiger partial charge in [-0.15, -0.1) is 0 Å². The van der Waals surface area contributed by atoms with Crippen LogP contribution in [0.15, 0.2) is 69.3 Å². The van der Waals surface area contributed by atoms with Crippen LogP contribution >= 0.6 is 22.6 Å². The molecule has 2 aromatic carbocycles. The molecule has 0 aliphatic carbocycles. The lowest BCUT2D eigenvalue weighted by molar-refractivity contribution is 1.10. The summed E-state index contributed by atoms with van der Waals surface area (Å²) in [5.41, 5.74) is 3.19. The first-order valence-corrected chi connectivity index (χ1v) is 7.05. The first kappa shape index (κ1) is 13.8. The van der Waals surface area contributed by atoms with E-state index in [9.17, 15) is 0 Å². The van der Waals surface area contributed by atoms with Crippen LogP contribution in [0, 0.1) is 0 Å². The van der Waals surface area contributed by atoms with E-state index in [0.717, 1.165) is 16.9 Å². The molecule has 0 saturated carbocycles. The molecule has 0 unspecified atom stereocenters. The number of nitrogens with zero attached hydrogens (tertiary/aromatic N) is 2. The lowest BCUT2D eigenvalue weighted by Crippen LogP contribution is -2.14. The van der Waals surface area contributed by atoms with Gasteiger partial charge >= 0.3 is 0 Å². The molecule has 2 aromatic rings. The topological polar surface area (TPSA) is 15.6 Å². The van der Waals surface area contributed by atoms with Crippen LogP contribution in [-0.4, -0.2) is 6.72 Å². The Balaban J connectivity index is 2.51. The van der Waals surface area contributed by atoms with Gasteiger partial charge in [-0.2, -0.15) is 5.10 Å². The predicted molar refractivity (Wildman–Crippen MR) is 91.5 cm³/mol. The van der Waals surface area contributed by atoms with Crippen molar-refractivity contribution in [3.05, 3.63) is 69.8 Å². The van der Waals surface area contributed by atoms with Crippen molar-refractivity contribution in [3.63, 3.8) is 0 Å². The molecule has 0 radical (unpaired) electrons. The lowest BCUT2D eigenvalue weighted by atomic mass is 10.1. The first-order valence-electron chi connectivity index (χ1n) is 5.97. The summed E-state index contributed by atoms with van der Waals surface area (Å²) in [5, 5.41) is 6.05. The second-order valence-corrected chi connectivity index (χ2v) is 5.66. The third-order valence-electron chi connectivity index (χ3n) is 2.73. The molecular weight excluding hydrogens is 347 g/mol. The smallest absolute Gasteiger partial charge is 0.0814 e. The SMILES string of the molecule is C=NN(/C(=C(\C)I)c1ccccc1)c1ccccc1. The number of hydrogen-bond acceptors (Lipinski definition) is 2. The minimum Gasteiger partial charge on any atom is -0.233 e. The summed E-state index contributed by atoms with van der Waals surface area (Å²) < 4.78 is 1.17. The van der Waals surface area contributed by atoms with Gasteiger partial charge in [0.05, 0.1) is 11.4 Å². The third kappa shape index (κ3) is 3.23. The predicted octanol–water partition coefficient (Wildman–Crippen LogP) is 4.93. The highest BCUT2D eigenvalue weighted by molar-refractivity contribution is 14.1. The molecule has 0 aliphatic rings. The molecule has 0 amide bonds. The first-order chi connectivity index (χ1) is 9.24. The molecular formula is C16H15IN2. The zero-order valence-corrected chi connectivity index (χ0v) is 12.9. The average Bonchev–Trinajstić information content (AvgIpc) is 2.46. The lowest BCUT2D eigenvalue weighted by Gasteiger charge is -2.23. The Morgan fingerprint density at radius 2 is 1.53 bits per heavy atom. The van der Waals surface area contributed by atoms with Gasteiger partial charge in [-0.25, -0.2) is 5.01 Å². The molecule has 2 rings (SSSR count). The molecule has 2 nitrogen and oxygen atoms in total. The van der Waals surface area contributed by atoms with Crippen molar-refractivity contribution in [2.24, 2.45) is 5.10 Å². The number of anilines is 1. The van der Waals surface area contributed by atoms with Gasteiger partial charge in [-0.05, 0) is 41.6 Å². The van der Waals surface area contributed by atoms with Crippen LogP contribution in [-0.2, 0) is 0 Å². The molecule has 3 heteroatoms. The number of hydrogen-bond donors (Lipinski definition) is 0. The van der Waals surface area contributed by atoms with Crippen molar-refractivity contribution < 1.29 is 0 Å². The van der Waals surface area contributed by atoms with Crippen LogP contribution in [0.4, 0.5) is 5.69 Å². The van der Waals surface area contributed by atoms with Gasteiger partial charge in [0.15, 0.2) is 0 Å². The van der Waals surface area contributed by atoms with Crippen molar-refractivity contribution >= 4 is 40.7 Å². The standard InChI is InChI=1S/C16H15IN2/c1-13(17)16(14-9-5-3-6-10-14)19(18-2)15-11-7-4-8-12-15/h3-12H,2H2,1H3/b16-13+. The zero-order valence-electron chi connectivity index (χ0n) is 10.8. The van der Waals surface area contributed by atoms with Gasteiger partial charge < -0.3 is 0 Å². The van der Waals surface area contributed by atoms with Crippen molar-refractivity contribution in [1.82, 2.24) is 0 Å². The molecule has 0 spiro atoms. The van der Waals surface area contributed by atoms with Crippen molar-refractivity contribution in [2.45, 2.75) is 6.92 Å². The number of rotatable bonds is 4. The average molecular weight is 362 g/mol. The van der Waals surface area contributed by atoms with Crippen LogP contribution in [0.5, 0.6) is 0 Å². The van der Waals surface area contributed by atoms with Crippen LogP contribution in [0.25, 0.3) is 5.70 Å². The largest absolute Gasteiger partial charge is 0.233 e. The Kier molecular flexibility index (Phi) is 4.74. The number of halogens is 1. The molecule has 0 aliphatic heterocycles. The highest BCUT2D eigenvalue weighted by atomic mass is 127. The second-order valence-electron chi connectivity index (χ2n) is 4.04. The molecule has 0 bridgehead atoms. The summed E-state index contributed by atoms with van der Waals surface area (Å²) >= 11 is 2.32. The van der Waals surface area contributed by atoms with Crippen LogP contribution in [0.3, 0.4) is 0 Å². The van der Waals surface area contributed by atoms with Crippen molar-refractivity contribution in [1.29, 1.82) is 0 Å². The normalized spacial score (nSPS) is 11.7. The summed E-state index contributed by atoms with van der Waals surface area (Å²) in [5.74, 6) is 0. The van der Waals surface area contributed by atoms with Gasteiger partial charge in [-0.3, -0.25) is 0 Å². The van der Waals surface area contributed by atoms with E-state index in [1.165, 1.54) is 3.58 Å². The van der Waals surface area contributed by atoms with Gasteiger partial charge in [0.25, 0.3) is 0 Å². The van der Waals surface area contributed by atoms with Gasteiger partial charge in [-0.1, -0.05) is 48.5 Å². The van der Waals surface area contributed by atoms with E-state index in [0.29, 0.717) is 0 Å². The Bertz CT molecular complexity index is 572. The number of benzene rings is 2. The highest BCUT2D eigenvalue weighted by Crippen LogP contribution is 2.31. The molecule has 0 aromatic heterocycles. The zero-order chi connectivity index (χ0) is 13.7. The summed E-state index contributed by atoms with van der Waals surface area (Å²) in [7, 11) is 0. The van der Waals surface area contributed by atoms with Crippen molar-refractivity contribution in [3.8, 4) is 0 Å². The highest BCUT2D eigenvalue weighted by Gasteiger charge is 2.14. The maximum atomic E-state index is 4.18. The molecule has 0 atom stereocenters. The van der Waals surface area contributed by atoms with E-state index in [1.54, 1.807) is 0 Å². The minimum atomic E-state index is 1.01. The Labute approximate surface area is 127 Å². The van der Waals surface area contributed by atoms with Crippen molar-refractivity contribution in [2.75, 3.05) is 5.01 Å². The molecule has 0 saturated heterocycles. The van der Waals surface area contributed by atoms with Gasteiger partial charge in [0, 0.05) is 15.9 Å². The Morgan fingerprint density at radius 1 is 1.00 bits per heavy atom. The fraction of sp³-hybridized carbons (Fsp3) is 0.0625.